The molecule has 2 rings (SSSR count). The summed E-state index contributed by atoms with van der Waals surface area (Å²) >= 11 is -0.556. The van der Waals surface area contributed by atoms with Crippen molar-refractivity contribution in [3.8, 4) is 0 Å². The van der Waals surface area contributed by atoms with E-state index in [0.717, 1.165) is 11.8 Å². The molecular weight excluding hydrogens is 263 g/mol. The van der Waals surface area contributed by atoms with E-state index in [-0.39, 0.29) is 0 Å². The van der Waals surface area contributed by atoms with Crippen molar-refractivity contribution >= 4 is 18.6 Å². The van der Waals surface area contributed by atoms with Crippen LogP contribution in [0.1, 0.15) is 52.4 Å². The molecule has 0 aromatic carbocycles. The molecule has 2 aliphatic carbocycles. The SMILES string of the molecule is C1CCCC1.CC1[CH][CH]CC1C.[Cl][Ti][Cl]. The molecule has 0 aromatic heterocycles. The van der Waals surface area contributed by atoms with Gasteiger partial charge in [0.25, 0.3) is 0 Å². The topological polar surface area (TPSA) is 0 Å². The normalized spacial score (nSPS) is 28.5. The van der Waals surface area contributed by atoms with Gasteiger partial charge in [-0.05, 0) is 31.1 Å². The Morgan fingerprint density at radius 3 is 1.53 bits per heavy atom. The Hall–Kier alpha value is 1.29. The molecule has 2 fully saturated rings. The zero-order chi connectivity index (χ0) is 11.5. The van der Waals surface area contributed by atoms with Crippen LogP contribution in [0.2, 0.25) is 0 Å². The molecule has 88 valence electrons. The predicted octanol–water partition coefficient (Wildman–Crippen LogP) is 5.40. The number of halogens is 2. The molecule has 2 unspecified atom stereocenters. The molecule has 2 aliphatic rings. The summed E-state index contributed by atoms with van der Waals surface area (Å²) in [5, 5.41) is 0. The first-order valence-electron chi connectivity index (χ1n) is 5.85. The second kappa shape index (κ2) is 11.8. The van der Waals surface area contributed by atoms with E-state index in [0.29, 0.717) is 0 Å². The van der Waals surface area contributed by atoms with Gasteiger partial charge >= 0.3 is 35.6 Å². The van der Waals surface area contributed by atoms with Gasteiger partial charge in [-0.1, -0.05) is 46.0 Å². The molecule has 0 nitrogen and oxygen atoms in total. The van der Waals surface area contributed by atoms with Crippen molar-refractivity contribution in [2.24, 2.45) is 11.8 Å². The van der Waals surface area contributed by atoms with E-state index in [1.165, 1.54) is 38.5 Å². The van der Waals surface area contributed by atoms with E-state index in [2.05, 4.69) is 26.7 Å². The second-order valence-electron chi connectivity index (χ2n) is 4.34. The van der Waals surface area contributed by atoms with Crippen molar-refractivity contribution in [3.63, 3.8) is 0 Å². The molecule has 0 N–H and O–H groups in total. The third-order valence-electron chi connectivity index (χ3n) is 3.10. The van der Waals surface area contributed by atoms with Gasteiger partial charge in [0.05, 0.1) is 0 Å². The Morgan fingerprint density at radius 2 is 1.40 bits per heavy atom. The first kappa shape index (κ1) is 16.3. The maximum absolute atomic E-state index is 4.89. The number of hydrogen-bond donors (Lipinski definition) is 0. The Labute approximate surface area is 112 Å². The maximum atomic E-state index is 4.89. The van der Waals surface area contributed by atoms with Crippen molar-refractivity contribution in [2.45, 2.75) is 52.4 Å². The van der Waals surface area contributed by atoms with Gasteiger partial charge in [0.1, 0.15) is 0 Å². The van der Waals surface area contributed by atoms with Gasteiger partial charge in [0.2, 0.25) is 0 Å². The first-order valence-corrected chi connectivity index (χ1v) is 10.1. The van der Waals surface area contributed by atoms with Gasteiger partial charge in [-0.3, -0.25) is 0 Å². The van der Waals surface area contributed by atoms with Crippen LogP contribution in [-0.4, -0.2) is 0 Å². The van der Waals surface area contributed by atoms with Crippen LogP contribution in [0.15, 0.2) is 0 Å². The van der Waals surface area contributed by atoms with Crippen molar-refractivity contribution in [2.75, 3.05) is 0 Å². The fraction of sp³-hybridized carbons (Fsp3) is 0.833. The molecular formula is C12H22Cl2Ti. The van der Waals surface area contributed by atoms with E-state index >= 15 is 0 Å². The van der Waals surface area contributed by atoms with E-state index in [1.54, 1.807) is 0 Å². The number of rotatable bonds is 0. The Morgan fingerprint density at radius 1 is 1.00 bits per heavy atom. The van der Waals surface area contributed by atoms with Crippen molar-refractivity contribution in [3.05, 3.63) is 12.8 Å². The zero-order valence-corrected chi connectivity index (χ0v) is 12.9. The predicted molar refractivity (Wildman–Crippen MR) is 66.3 cm³/mol. The van der Waals surface area contributed by atoms with Gasteiger partial charge in [0, 0.05) is 0 Å². The quantitative estimate of drug-likeness (QED) is 0.523. The Bertz CT molecular complexity index is 111. The molecule has 15 heavy (non-hydrogen) atoms. The van der Waals surface area contributed by atoms with Crippen LogP contribution in [-0.2, 0) is 17.0 Å². The minimum atomic E-state index is -0.556. The van der Waals surface area contributed by atoms with Gasteiger partial charge < -0.3 is 0 Å². The number of hydrogen-bond acceptors (Lipinski definition) is 0. The van der Waals surface area contributed by atoms with Gasteiger partial charge in [0.15, 0.2) is 0 Å². The summed E-state index contributed by atoms with van der Waals surface area (Å²) in [4.78, 5) is 0. The molecule has 0 heterocycles. The summed E-state index contributed by atoms with van der Waals surface area (Å²) in [5.41, 5.74) is 0. The van der Waals surface area contributed by atoms with Crippen LogP contribution in [0.4, 0.5) is 0 Å². The summed E-state index contributed by atoms with van der Waals surface area (Å²) in [6, 6.07) is 0. The molecule has 2 atom stereocenters. The van der Waals surface area contributed by atoms with Crippen LogP contribution in [0.25, 0.3) is 0 Å². The average molecular weight is 285 g/mol. The summed E-state index contributed by atoms with van der Waals surface area (Å²) in [6.45, 7) is 4.57. The fourth-order valence-corrected chi connectivity index (χ4v) is 1.80. The summed E-state index contributed by atoms with van der Waals surface area (Å²) in [5.74, 6) is 1.74. The van der Waals surface area contributed by atoms with Crippen LogP contribution >= 0.6 is 18.6 Å². The van der Waals surface area contributed by atoms with E-state index in [1.807, 2.05) is 0 Å². The zero-order valence-electron chi connectivity index (χ0n) is 9.81. The third-order valence-corrected chi connectivity index (χ3v) is 3.10. The Kier molecular flexibility index (Phi) is 12.8. The van der Waals surface area contributed by atoms with E-state index in [9.17, 15) is 0 Å². The fourth-order valence-electron chi connectivity index (χ4n) is 1.80. The van der Waals surface area contributed by atoms with Gasteiger partial charge in [-0.15, -0.1) is 0 Å². The molecule has 0 saturated heterocycles. The molecule has 3 heteroatoms. The van der Waals surface area contributed by atoms with Crippen molar-refractivity contribution < 1.29 is 17.0 Å². The molecule has 0 aliphatic heterocycles. The molecule has 2 radical (unpaired) electrons. The molecule has 2 saturated carbocycles. The monoisotopic (exact) mass is 284 g/mol. The van der Waals surface area contributed by atoms with Crippen LogP contribution in [0.3, 0.4) is 0 Å². The molecule has 0 bridgehead atoms. The molecule has 0 aromatic rings. The average Bonchev–Trinajstić information content (AvgIpc) is 2.84. The molecule has 0 spiro atoms. The second-order valence-corrected chi connectivity index (χ2v) is 6.92. The first-order chi connectivity index (χ1) is 7.22. The van der Waals surface area contributed by atoms with Gasteiger partial charge in [-0.25, -0.2) is 0 Å². The third kappa shape index (κ3) is 10.2. The molecule has 0 amide bonds. The van der Waals surface area contributed by atoms with Crippen LogP contribution in [0, 0.1) is 24.7 Å². The van der Waals surface area contributed by atoms with Gasteiger partial charge in [-0.2, -0.15) is 0 Å². The summed E-state index contributed by atoms with van der Waals surface area (Å²) < 4.78 is 0. The minimum absolute atomic E-state index is 0.556. The van der Waals surface area contributed by atoms with Crippen LogP contribution in [0.5, 0.6) is 0 Å². The Balaban J connectivity index is 0.000000216. The van der Waals surface area contributed by atoms with Crippen molar-refractivity contribution in [1.82, 2.24) is 0 Å². The van der Waals surface area contributed by atoms with Crippen LogP contribution < -0.4 is 0 Å². The van der Waals surface area contributed by atoms with E-state index < -0.39 is 17.0 Å². The van der Waals surface area contributed by atoms with E-state index in [4.69, 9.17) is 18.6 Å². The standard InChI is InChI=1S/C7H12.C5H10.2ClH.Ti/c1-6-4-3-5-7(6)2;1-2-4-5-3-1;;;/h3-4,6-7H,5H2,1-2H3;1-5H2;2*1H;/q;;;;+2/p-2. The summed E-state index contributed by atoms with van der Waals surface area (Å²) in [6.07, 6.45) is 13.4. The summed E-state index contributed by atoms with van der Waals surface area (Å²) in [7, 11) is 9.78. The van der Waals surface area contributed by atoms with Crippen molar-refractivity contribution in [1.29, 1.82) is 0 Å².